The number of anilines is 1. The van der Waals surface area contributed by atoms with Crippen LogP contribution in [-0.4, -0.2) is 17.4 Å². The van der Waals surface area contributed by atoms with Crippen LogP contribution in [0.1, 0.15) is 24.3 Å². The first-order valence-corrected chi connectivity index (χ1v) is 8.54. The van der Waals surface area contributed by atoms with Crippen LogP contribution in [0.25, 0.3) is 11.3 Å². The molecule has 0 aliphatic heterocycles. The highest BCUT2D eigenvalue weighted by molar-refractivity contribution is 7.16. The summed E-state index contributed by atoms with van der Waals surface area (Å²) >= 11 is 1.53. The predicted molar refractivity (Wildman–Crippen MR) is 90.8 cm³/mol. The lowest BCUT2D eigenvalue weighted by atomic mass is 9.95. The predicted octanol–water partition coefficient (Wildman–Crippen LogP) is 3.43. The Balaban J connectivity index is 1.82. The summed E-state index contributed by atoms with van der Waals surface area (Å²) in [6, 6.07) is 9.98. The zero-order chi connectivity index (χ0) is 15.5. The highest BCUT2D eigenvalue weighted by atomic mass is 32.1. The summed E-state index contributed by atoms with van der Waals surface area (Å²) in [5, 5.41) is 4.90. The number of hydrogen-bond donors (Lipinski definition) is 2. The number of thiazole rings is 1. The van der Waals surface area contributed by atoms with Gasteiger partial charge in [-0.3, -0.25) is 4.79 Å². The zero-order valence-corrected chi connectivity index (χ0v) is 13.5. The van der Waals surface area contributed by atoms with Crippen molar-refractivity contribution < 1.29 is 4.79 Å². The van der Waals surface area contributed by atoms with E-state index in [4.69, 9.17) is 5.73 Å². The largest absolute Gasteiger partial charge is 0.330 e. The van der Waals surface area contributed by atoms with E-state index in [1.807, 2.05) is 37.3 Å². The van der Waals surface area contributed by atoms with Gasteiger partial charge in [0, 0.05) is 11.5 Å². The van der Waals surface area contributed by atoms with Crippen molar-refractivity contribution in [1.29, 1.82) is 0 Å². The topological polar surface area (TPSA) is 68.0 Å². The molecule has 0 unspecified atom stereocenters. The summed E-state index contributed by atoms with van der Waals surface area (Å²) < 4.78 is 0. The molecular weight excluding hydrogens is 294 g/mol. The minimum absolute atomic E-state index is 0.0380. The lowest BCUT2D eigenvalue weighted by Gasteiger charge is -2.17. The molecule has 1 saturated carbocycles. The summed E-state index contributed by atoms with van der Waals surface area (Å²) in [6.45, 7) is 2.55. The number of nitrogens with one attached hydrogen (secondary N) is 1. The molecule has 3 N–H and O–H groups in total. The molecule has 0 saturated heterocycles. The lowest BCUT2D eigenvalue weighted by Crippen LogP contribution is -2.29. The Bertz CT molecular complexity index is 653. The van der Waals surface area contributed by atoms with E-state index < -0.39 is 0 Å². The van der Waals surface area contributed by atoms with Crippen LogP contribution in [0.5, 0.6) is 0 Å². The second-order valence-electron chi connectivity index (χ2n) is 5.80. The molecule has 1 heterocycles. The Labute approximate surface area is 134 Å². The van der Waals surface area contributed by atoms with Crippen LogP contribution in [0.3, 0.4) is 0 Å². The van der Waals surface area contributed by atoms with Crippen molar-refractivity contribution in [2.75, 3.05) is 11.9 Å². The van der Waals surface area contributed by atoms with E-state index in [0.29, 0.717) is 12.5 Å². The molecule has 0 radical (unpaired) electrons. The fourth-order valence-electron chi connectivity index (χ4n) is 3.17. The quantitative estimate of drug-likeness (QED) is 0.908. The van der Waals surface area contributed by atoms with Crippen molar-refractivity contribution >= 4 is 22.2 Å². The molecule has 5 heteroatoms. The van der Waals surface area contributed by atoms with Gasteiger partial charge in [-0.1, -0.05) is 36.8 Å². The third-order valence-electron chi connectivity index (χ3n) is 4.32. The number of benzene rings is 1. The summed E-state index contributed by atoms with van der Waals surface area (Å²) in [5.74, 6) is 0.444. The van der Waals surface area contributed by atoms with Crippen LogP contribution in [-0.2, 0) is 4.79 Å². The van der Waals surface area contributed by atoms with E-state index in [9.17, 15) is 4.79 Å². The molecular formula is C17H21N3OS. The third-order valence-corrected chi connectivity index (χ3v) is 5.20. The second kappa shape index (κ2) is 6.58. The monoisotopic (exact) mass is 315 g/mol. The van der Waals surface area contributed by atoms with E-state index in [2.05, 4.69) is 10.3 Å². The molecule has 0 bridgehead atoms. The average molecular weight is 315 g/mol. The van der Waals surface area contributed by atoms with Gasteiger partial charge in [0.1, 0.15) is 10.7 Å². The van der Waals surface area contributed by atoms with Crippen molar-refractivity contribution in [2.45, 2.75) is 26.2 Å². The molecule has 22 heavy (non-hydrogen) atoms. The fraction of sp³-hybridized carbons (Fsp3) is 0.412. The van der Waals surface area contributed by atoms with Crippen molar-refractivity contribution in [1.82, 2.24) is 4.98 Å². The van der Waals surface area contributed by atoms with Gasteiger partial charge in [0.2, 0.25) is 5.91 Å². The number of aryl methyl sites for hydroxylation is 1. The minimum atomic E-state index is 0.0380. The molecule has 1 amide bonds. The first kappa shape index (κ1) is 15.2. The maximum absolute atomic E-state index is 12.6. The highest BCUT2D eigenvalue weighted by Crippen LogP contribution is 2.36. The van der Waals surface area contributed by atoms with Crippen LogP contribution in [0.15, 0.2) is 30.3 Å². The molecule has 1 aliphatic carbocycles. The summed E-state index contributed by atoms with van der Waals surface area (Å²) in [5.41, 5.74) is 7.68. The molecule has 3 rings (SSSR count). The van der Waals surface area contributed by atoms with Crippen LogP contribution in [0, 0.1) is 18.8 Å². The maximum Gasteiger partial charge on any atom is 0.228 e. The van der Waals surface area contributed by atoms with Crippen molar-refractivity contribution in [3.05, 3.63) is 35.3 Å². The van der Waals surface area contributed by atoms with Gasteiger partial charge in [0.15, 0.2) is 0 Å². The number of nitrogens with two attached hydrogens (primary N) is 1. The molecule has 2 atom stereocenters. The smallest absolute Gasteiger partial charge is 0.228 e. The summed E-state index contributed by atoms with van der Waals surface area (Å²) in [4.78, 5) is 17.2. The third kappa shape index (κ3) is 3.05. The van der Waals surface area contributed by atoms with E-state index >= 15 is 0 Å². The van der Waals surface area contributed by atoms with E-state index in [0.717, 1.165) is 40.5 Å². The van der Waals surface area contributed by atoms with Crippen LogP contribution in [0.2, 0.25) is 0 Å². The van der Waals surface area contributed by atoms with E-state index in [-0.39, 0.29) is 11.8 Å². The molecule has 116 valence electrons. The van der Waals surface area contributed by atoms with Gasteiger partial charge in [0.05, 0.1) is 5.01 Å². The Morgan fingerprint density at radius 1 is 1.36 bits per heavy atom. The number of amides is 1. The number of carbonyl (C=O) groups is 1. The number of carbonyl (C=O) groups excluding carboxylic acids is 1. The Morgan fingerprint density at radius 2 is 2.14 bits per heavy atom. The van der Waals surface area contributed by atoms with Crippen molar-refractivity contribution in [3.8, 4) is 11.3 Å². The molecule has 1 fully saturated rings. The van der Waals surface area contributed by atoms with Gasteiger partial charge in [-0.05, 0) is 32.2 Å². The average Bonchev–Trinajstić information content (AvgIpc) is 3.14. The zero-order valence-electron chi connectivity index (χ0n) is 12.7. The van der Waals surface area contributed by atoms with E-state index in [1.165, 1.54) is 11.3 Å². The normalized spacial score (nSPS) is 21.0. The number of nitrogens with zero attached hydrogens (tertiary/aromatic N) is 1. The second-order valence-corrected chi connectivity index (χ2v) is 7.00. The SMILES string of the molecule is Cc1nc(-c2ccccc2)c(NC(=O)[C@@H]2CCC[C@@H]2CN)s1. The Hall–Kier alpha value is -1.72. The van der Waals surface area contributed by atoms with Crippen molar-refractivity contribution in [3.63, 3.8) is 0 Å². The first-order valence-electron chi connectivity index (χ1n) is 7.73. The van der Waals surface area contributed by atoms with Gasteiger partial charge in [-0.25, -0.2) is 4.98 Å². The maximum atomic E-state index is 12.6. The lowest BCUT2D eigenvalue weighted by molar-refractivity contribution is -0.120. The molecule has 2 aromatic rings. The molecule has 1 aromatic carbocycles. The van der Waals surface area contributed by atoms with Gasteiger partial charge >= 0.3 is 0 Å². The number of aromatic nitrogens is 1. The molecule has 0 spiro atoms. The van der Waals surface area contributed by atoms with Gasteiger partial charge < -0.3 is 11.1 Å². The first-order chi connectivity index (χ1) is 10.7. The van der Waals surface area contributed by atoms with E-state index in [1.54, 1.807) is 0 Å². The number of hydrogen-bond acceptors (Lipinski definition) is 4. The molecule has 4 nitrogen and oxygen atoms in total. The Morgan fingerprint density at radius 3 is 2.86 bits per heavy atom. The highest BCUT2D eigenvalue weighted by Gasteiger charge is 2.32. The van der Waals surface area contributed by atoms with Gasteiger partial charge in [-0.2, -0.15) is 0 Å². The number of rotatable bonds is 4. The van der Waals surface area contributed by atoms with Gasteiger partial charge in [-0.15, -0.1) is 11.3 Å². The van der Waals surface area contributed by atoms with Crippen LogP contribution in [0.4, 0.5) is 5.00 Å². The van der Waals surface area contributed by atoms with Crippen LogP contribution < -0.4 is 11.1 Å². The van der Waals surface area contributed by atoms with Gasteiger partial charge in [0.25, 0.3) is 0 Å². The van der Waals surface area contributed by atoms with Crippen molar-refractivity contribution in [2.24, 2.45) is 17.6 Å². The fourth-order valence-corrected chi connectivity index (χ4v) is 4.02. The summed E-state index contributed by atoms with van der Waals surface area (Å²) in [6.07, 6.45) is 3.08. The molecule has 1 aliphatic rings. The summed E-state index contributed by atoms with van der Waals surface area (Å²) in [7, 11) is 0. The molecule has 1 aromatic heterocycles. The minimum Gasteiger partial charge on any atom is -0.330 e. The van der Waals surface area contributed by atoms with Crippen LogP contribution >= 0.6 is 11.3 Å². The standard InChI is InChI=1S/C17H21N3OS/c1-11-19-15(12-6-3-2-4-7-12)17(22-11)20-16(21)14-9-5-8-13(14)10-18/h2-4,6-7,13-14H,5,8-10,18H2,1H3,(H,20,21)/t13-,14-/m1/s1. The Kier molecular flexibility index (Phi) is 4.55.